The predicted octanol–water partition coefficient (Wildman–Crippen LogP) is 3.14. The Labute approximate surface area is 189 Å². The van der Waals surface area contributed by atoms with Gasteiger partial charge in [-0.15, -0.1) is 0 Å². The molecule has 0 spiro atoms. The molecule has 0 aliphatic carbocycles. The molecule has 1 amide bonds. The fourth-order valence-corrected chi connectivity index (χ4v) is 5.66. The van der Waals surface area contributed by atoms with E-state index < -0.39 is 6.10 Å². The van der Waals surface area contributed by atoms with Crippen molar-refractivity contribution in [3.05, 3.63) is 71.0 Å². The molecule has 6 heteroatoms. The zero-order valence-electron chi connectivity index (χ0n) is 19.0. The Morgan fingerprint density at radius 2 is 1.88 bits per heavy atom. The van der Waals surface area contributed by atoms with Crippen LogP contribution in [0.25, 0.3) is 0 Å². The van der Waals surface area contributed by atoms with Crippen molar-refractivity contribution in [2.45, 2.75) is 63.0 Å². The number of hydrogen-bond acceptors (Lipinski definition) is 4. The maximum absolute atomic E-state index is 13.8. The van der Waals surface area contributed by atoms with Crippen molar-refractivity contribution in [2.24, 2.45) is 0 Å². The Morgan fingerprint density at radius 1 is 1.12 bits per heavy atom. The van der Waals surface area contributed by atoms with E-state index in [-0.39, 0.29) is 29.8 Å². The van der Waals surface area contributed by atoms with E-state index in [9.17, 15) is 9.18 Å². The van der Waals surface area contributed by atoms with Crippen molar-refractivity contribution >= 4 is 5.91 Å². The van der Waals surface area contributed by atoms with Gasteiger partial charge in [0.2, 0.25) is 0 Å². The van der Waals surface area contributed by atoms with Gasteiger partial charge in [-0.1, -0.05) is 36.4 Å². The van der Waals surface area contributed by atoms with Crippen LogP contribution in [0.15, 0.2) is 48.5 Å². The van der Waals surface area contributed by atoms with Gasteiger partial charge in [0.15, 0.2) is 0 Å². The van der Waals surface area contributed by atoms with E-state index in [2.05, 4.69) is 43.2 Å². The summed E-state index contributed by atoms with van der Waals surface area (Å²) in [7, 11) is 2.15. The zero-order chi connectivity index (χ0) is 22.4. The third kappa shape index (κ3) is 3.74. The lowest BCUT2D eigenvalue weighted by atomic mass is 9.86. The number of amides is 1. The van der Waals surface area contributed by atoms with E-state index in [0.29, 0.717) is 31.7 Å². The minimum atomic E-state index is -0.467. The van der Waals surface area contributed by atoms with E-state index in [1.54, 1.807) is 12.1 Å². The highest BCUT2D eigenvalue weighted by atomic mass is 19.1. The first kappa shape index (κ1) is 21.6. The maximum atomic E-state index is 13.8. The molecular formula is C26H32FN3O2. The number of piperazine rings is 1. The average Bonchev–Trinajstić information content (AvgIpc) is 2.82. The number of hydrogen-bond donors (Lipinski definition) is 1. The second-order valence-electron chi connectivity index (χ2n) is 9.53. The molecule has 3 heterocycles. The fourth-order valence-electron chi connectivity index (χ4n) is 5.66. The Kier molecular flexibility index (Phi) is 5.78. The second-order valence-corrected chi connectivity index (χ2v) is 9.53. The van der Waals surface area contributed by atoms with Crippen molar-refractivity contribution < 1.29 is 13.9 Å². The fraction of sp³-hybridized carbons (Fsp3) is 0.500. The second kappa shape index (κ2) is 8.58. The Bertz CT molecular complexity index is 981. The SMILES string of the molecule is C[C@@H]1N[C@H]2C[C@H](C(=O)N3CCc4ccccc4[C@@H]3c3ccc(F)cc3)OC[C@@H]2N(C)[C@@H]1C. The third-order valence-corrected chi connectivity index (χ3v) is 7.79. The normalized spacial score (nSPS) is 32.8. The van der Waals surface area contributed by atoms with Gasteiger partial charge >= 0.3 is 0 Å². The van der Waals surface area contributed by atoms with Crippen molar-refractivity contribution in [3.8, 4) is 0 Å². The summed E-state index contributed by atoms with van der Waals surface area (Å²) in [6.45, 7) is 5.61. The molecule has 2 saturated heterocycles. The molecule has 3 aliphatic heterocycles. The van der Waals surface area contributed by atoms with Crippen LogP contribution in [0.1, 0.15) is 43.0 Å². The first-order valence-electron chi connectivity index (χ1n) is 11.7. The summed E-state index contributed by atoms with van der Waals surface area (Å²) in [4.78, 5) is 18.1. The molecule has 2 fully saturated rings. The van der Waals surface area contributed by atoms with Crippen molar-refractivity contribution in [1.29, 1.82) is 0 Å². The summed E-state index contributed by atoms with van der Waals surface area (Å²) >= 11 is 0. The van der Waals surface area contributed by atoms with E-state index >= 15 is 0 Å². The molecule has 0 saturated carbocycles. The topological polar surface area (TPSA) is 44.8 Å². The van der Waals surface area contributed by atoms with E-state index in [0.717, 1.165) is 17.5 Å². The Morgan fingerprint density at radius 3 is 2.66 bits per heavy atom. The highest BCUT2D eigenvalue weighted by Crippen LogP contribution is 2.37. The molecule has 32 heavy (non-hydrogen) atoms. The van der Waals surface area contributed by atoms with Gasteiger partial charge in [-0.25, -0.2) is 4.39 Å². The number of carbonyl (C=O) groups excluding carboxylic acids is 1. The van der Waals surface area contributed by atoms with Gasteiger partial charge in [0, 0.05) is 30.7 Å². The summed E-state index contributed by atoms with van der Waals surface area (Å²) in [6, 6.07) is 15.9. The largest absolute Gasteiger partial charge is 0.367 e. The lowest BCUT2D eigenvalue weighted by Crippen LogP contribution is -2.69. The molecule has 2 aromatic rings. The van der Waals surface area contributed by atoms with Crippen LogP contribution in [0.3, 0.4) is 0 Å². The molecule has 2 aromatic carbocycles. The van der Waals surface area contributed by atoms with Gasteiger partial charge in [0.25, 0.3) is 5.91 Å². The van der Waals surface area contributed by atoms with Crippen LogP contribution in [0.5, 0.6) is 0 Å². The van der Waals surface area contributed by atoms with Crippen LogP contribution in [0, 0.1) is 5.82 Å². The summed E-state index contributed by atoms with van der Waals surface area (Å²) < 4.78 is 19.8. The number of nitrogens with zero attached hydrogens (tertiary/aromatic N) is 2. The molecule has 0 radical (unpaired) electrons. The van der Waals surface area contributed by atoms with Crippen molar-refractivity contribution in [3.63, 3.8) is 0 Å². The van der Waals surface area contributed by atoms with E-state index in [1.165, 1.54) is 17.7 Å². The van der Waals surface area contributed by atoms with Gasteiger partial charge in [-0.3, -0.25) is 9.69 Å². The molecule has 0 unspecified atom stereocenters. The number of nitrogens with one attached hydrogen (secondary N) is 1. The van der Waals surface area contributed by atoms with Gasteiger partial charge in [-0.05, 0) is 62.6 Å². The molecule has 6 atom stereocenters. The minimum absolute atomic E-state index is 0.0306. The highest BCUT2D eigenvalue weighted by molar-refractivity contribution is 5.82. The number of rotatable bonds is 2. The molecule has 1 N–H and O–H groups in total. The van der Waals surface area contributed by atoms with Gasteiger partial charge in [0.1, 0.15) is 11.9 Å². The number of benzene rings is 2. The smallest absolute Gasteiger partial charge is 0.252 e. The van der Waals surface area contributed by atoms with E-state index in [1.807, 2.05) is 17.0 Å². The molecule has 0 bridgehead atoms. The summed E-state index contributed by atoms with van der Waals surface area (Å²) in [5.74, 6) is -0.240. The lowest BCUT2D eigenvalue weighted by Gasteiger charge is -2.51. The number of halogens is 1. The number of likely N-dealkylation sites (N-methyl/N-ethyl adjacent to an activating group) is 1. The van der Waals surface area contributed by atoms with Crippen LogP contribution >= 0.6 is 0 Å². The quantitative estimate of drug-likeness (QED) is 0.784. The Balaban J connectivity index is 1.42. The van der Waals surface area contributed by atoms with Crippen LogP contribution in [0.2, 0.25) is 0 Å². The van der Waals surface area contributed by atoms with E-state index in [4.69, 9.17) is 4.74 Å². The molecule has 0 aromatic heterocycles. The van der Waals surface area contributed by atoms with Crippen molar-refractivity contribution in [2.75, 3.05) is 20.2 Å². The minimum Gasteiger partial charge on any atom is -0.367 e. The van der Waals surface area contributed by atoms with Crippen molar-refractivity contribution in [1.82, 2.24) is 15.1 Å². The van der Waals surface area contributed by atoms with Crippen LogP contribution in [-0.4, -0.2) is 66.2 Å². The Hall–Kier alpha value is -2.28. The summed E-state index contributed by atoms with van der Waals surface area (Å²) in [5, 5.41) is 3.72. The summed E-state index contributed by atoms with van der Waals surface area (Å²) in [6.07, 6.45) is 1.01. The maximum Gasteiger partial charge on any atom is 0.252 e. The molecule has 5 rings (SSSR count). The number of ether oxygens (including phenoxy) is 1. The molecule has 5 nitrogen and oxygen atoms in total. The average molecular weight is 438 g/mol. The van der Waals surface area contributed by atoms with Crippen LogP contribution in [0.4, 0.5) is 4.39 Å². The summed E-state index contributed by atoms with van der Waals surface area (Å²) in [5.41, 5.74) is 3.29. The van der Waals surface area contributed by atoms with Gasteiger partial charge in [-0.2, -0.15) is 0 Å². The lowest BCUT2D eigenvalue weighted by molar-refractivity contribution is -0.155. The zero-order valence-corrected chi connectivity index (χ0v) is 19.0. The molecule has 3 aliphatic rings. The van der Waals surface area contributed by atoms with Gasteiger partial charge in [0.05, 0.1) is 12.6 Å². The molecular weight excluding hydrogens is 405 g/mol. The van der Waals surface area contributed by atoms with Crippen LogP contribution < -0.4 is 5.32 Å². The third-order valence-electron chi connectivity index (χ3n) is 7.79. The van der Waals surface area contributed by atoms with Crippen LogP contribution in [-0.2, 0) is 16.0 Å². The number of fused-ring (bicyclic) bond motifs is 2. The molecule has 170 valence electrons. The first-order valence-corrected chi connectivity index (χ1v) is 11.7. The standard InChI is InChI=1S/C26H32FN3O2/c1-16-17(2)29(3)23-15-32-24(14-22(23)28-16)26(31)30-13-12-18-6-4-5-7-21(18)25(30)19-8-10-20(27)11-9-19/h4-11,16-17,22-25,28H,12-15H2,1-3H3/t16-,17+,22-,23-,24+,25-/m0/s1. The van der Waals surface area contributed by atoms with Gasteiger partial charge < -0.3 is 15.0 Å². The first-order chi connectivity index (χ1) is 15.4. The predicted molar refractivity (Wildman–Crippen MR) is 122 cm³/mol. The number of carbonyl (C=O) groups is 1. The highest BCUT2D eigenvalue weighted by Gasteiger charge is 2.45. The monoisotopic (exact) mass is 437 g/mol.